The molecule has 1 aromatic carbocycles. The number of hydrogen-bond donors (Lipinski definition) is 1. The predicted octanol–water partition coefficient (Wildman–Crippen LogP) is 3.60. The fraction of sp³-hybridized carbons (Fsp3) is 0.0769. The van der Waals surface area contributed by atoms with Crippen LogP contribution in [0, 0.1) is 0 Å². The van der Waals surface area contributed by atoms with E-state index in [0.717, 1.165) is 5.56 Å². The SMILES string of the molecule is NC(=S)c1cc(COc2cc(Cl)ccc2Cl)ccn1. The molecule has 0 aliphatic carbocycles. The average molecular weight is 313 g/mol. The average Bonchev–Trinajstić information content (AvgIpc) is 2.40. The number of pyridine rings is 1. The minimum Gasteiger partial charge on any atom is -0.487 e. The smallest absolute Gasteiger partial charge is 0.139 e. The number of benzene rings is 1. The largest absolute Gasteiger partial charge is 0.487 e. The Morgan fingerprint density at radius 2 is 2.05 bits per heavy atom. The zero-order valence-electron chi connectivity index (χ0n) is 9.77. The van der Waals surface area contributed by atoms with E-state index < -0.39 is 0 Å². The van der Waals surface area contributed by atoms with E-state index in [9.17, 15) is 0 Å². The second kappa shape index (κ2) is 6.19. The van der Waals surface area contributed by atoms with Gasteiger partial charge in [0, 0.05) is 17.3 Å². The van der Waals surface area contributed by atoms with Crippen LogP contribution < -0.4 is 10.5 Å². The summed E-state index contributed by atoms with van der Waals surface area (Å²) in [6.45, 7) is 0.332. The fourth-order valence-electron chi connectivity index (χ4n) is 1.45. The molecule has 0 saturated heterocycles. The summed E-state index contributed by atoms with van der Waals surface area (Å²) in [5.41, 5.74) is 6.98. The molecule has 1 heterocycles. The van der Waals surface area contributed by atoms with Crippen LogP contribution in [0.25, 0.3) is 0 Å². The van der Waals surface area contributed by atoms with E-state index in [1.54, 1.807) is 30.5 Å². The van der Waals surface area contributed by atoms with Gasteiger partial charge >= 0.3 is 0 Å². The van der Waals surface area contributed by atoms with Gasteiger partial charge in [-0.15, -0.1) is 0 Å². The van der Waals surface area contributed by atoms with Crippen molar-refractivity contribution in [2.24, 2.45) is 5.73 Å². The monoisotopic (exact) mass is 312 g/mol. The van der Waals surface area contributed by atoms with E-state index in [-0.39, 0.29) is 4.99 Å². The Hall–Kier alpha value is -1.36. The lowest BCUT2D eigenvalue weighted by molar-refractivity contribution is 0.306. The Bertz CT molecular complexity index is 619. The maximum Gasteiger partial charge on any atom is 0.139 e. The van der Waals surface area contributed by atoms with E-state index in [0.29, 0.717) is 28.1 Å². The minimum absolute atomic E-state index is 0.252. The number of ether oxygens (including phenoxy) is 1. The Morgan fingerprint density at radius 1 is 1.26 bits per heavy atom. The molecular formula is C13H10Cl2N2OS. The van der Waals surface area contributed by atoms with Crippen molar-refractivity contribution < 1.29 is 4.74 Å². The second-order valence-electron chi connectivity index (χ2n) is 3.78. The van der Waals surface area contributed by atoms with Gasteiger partial charge in [0.25, 0.3) is 0 Å². The molecule has 0 amide bonds. The summed E-state index contributed by atoms with van der Waals surface area (Å²) in [7, 11) is 0. The molecule has 2 rings (SSSR count). The normalized spacial score (nSPS) is 10.2. The van der Waals surface area contributed by atoms with Crippen LogP contribution in [0.3, 0.4) is 0 Å². The fourth-order valence-corrected chi connectivity index (χ4v) is 1.89. The molecule has 1 aromatic heterocycles. The number of hydrogen-bond acceptors (Lipinski definition) is 3. The Labute approximate surface area is 126 Å². The highest BCUT2D eigenvalue weighted by atomic mass is 35.5. The lowest BCUT2D eigenvalue weighted by Crippen LogP contribution is -2.12. The molecule has 0 atom stereocenters. The van der Waals surface area contributed by atoms with Crippen molar-refractivity contribution in [3.05, 3.63) is 57.8 Å². The highest BCUT2D eigenvalue weighted by Crippen LogP contribution is 2.28. The molecule has 0 bridgehead atoms. The molecule has 2 N–H and O–H groups in total. The molecule has 0 fully saturated rings. The highest BCUT2D eigenvalue weighted by Gasteiger charge is 2.04. The van der Waals surface area contributed by atoms with Gasteiger partial charge in [-0.25, -0.2) is 0 Å². The Balaban J connectivity index is 2.12. The quantitative estimate of drug-likeness (QED) is 0.876. The van der Waals surface area contributed by atoms with Crippen LogP contribution in [0.5, 0.6) is 5.75 Å². The van der Waals surface area contributed by atoms with Gasteiger partial charge in [0.05, 0.1) is 10.7 Å². The molecule has 0 saturated carbocycles. The van der Waals surface area contributed by atoms with Gasteiger partial charge in [-0.2, -0.15) is 0 Å². The van der Waals surface area contributed by atoms with Gasteiger partial charge in [0.1, 0.15) is 17.3 Å². The van der Waals surface area contributed by atoms with E-state index in [4.69, 9.17) is 45.9 Å². The lowest BCUT2D eigenvalue weighted by atomic mass is 10.2. The van der Waals surface area contributed by atoms with Crippen molar-refractivity contribution in [1.29, 1.82) is 0 Å². The van der Waals surface area contributed by atoms with Crippen LogP contribution in [0.2, 0.25) is 10.0 Å². The minimum atomic E-state index is 0.252. The summed E-state index contributed by atoms with van der Waals surface area (Å²) in [6.07, 6.45) is 1.63. The molecule has 0 aliphatic rings. The molecule has 3 nitrogen and oxygen atoms in total. The zero-order valence-corrected chi connectivity index (χ0v) is 12.1. The third-order valence-electron chi connectivity index (χ3n) is 2.36. The number of nitrogens with two attached hydrogens (primary N) is 1. The van der Waals surface area contributed by atoms with E-state index in [1.165, 1.54) is 0 Å². The third-order valence-corrected chi connectivity index (χ3v) is 3.12. The summed E-state index contributed by atoms with van der Waals surface area (Å²) in [4.78, 5) is 4.31. The topological polar surface area (TPSA) is 48.1 Å². The van der Waals surface area contributed by atoms with Crippen molar-refractivity contribution in [3.63, 3.8) is 0 Å². The lowest BCUT2D eigenvalue weighted by Gasteiger charge is -2.09. The molecule has 0 spiro atoms. The molecular weight excluding hydrogens is 303 g/mol. The van der Waals surface area contributed by atoms with Gasteiger partial charge in [-0.05, 0) is 29.8 Å². The standard InChI is InChI=1S/C13H10Cl2N2OS/c14-9-1-2-10(15)12(6-9)18-7-8-3-4-17-11(5-8)13(16)19/h1-6H,7H2,(H2,16,19). The molecule has 6 heteroatoms. The maximum absolute atomic E-state index is 6.01. The highest BCUT2D eigenvalue weighted by molar-refractivity contribution is 7.80. The van der Waals surface area contributed by atoms with Gasteiger partial charge < -0.3 is 10.5 Å². The summed E-state index contributed by atoms with van der Waals surface area (Å²) in [5.74, 6) is 0.530. The van der Waals surface area contributed by atoms with Gasteiger partial charge in [-0.1, -0.05) is 35.4 Å². The van der Waals surface area contributed by atoms with E-state index in [2.05, 4.69) is 4.98 Å². The van der Waals surface area contributed by atoms with Crippen molar-refractivity contribution in [1.82, 2.24) is 4.98 Å². The van der Waals surface area contributed by atoms with Crippen LogP contribution in [-0.4, -0.2) is 9.97 Å². The van der Waals surface area contributed by atoms with Crippen molar-refractivity contribution >= 4 is 40.4 Å². The molecule has 0 radical (unpaired) electrons. The number of aromatic nitrogens is 1. The number of nitrogens with zero attached hydrogens (tertiary/aromatic N) is 1. The summed E-state index contributed by atoms with van der Waals surface area (Å²) >= 11 is 16.8. The molecule has 0 aliphatic heterocycles. The Kier molecular flexibility index (Phi) is 4.58. The molecule has 19 heavy (non-hydrogen) atoms. The van der Waals surface area contributed by atoms with Gasteiger partial charge in [0.2, 0.25) is 0 Å². The van der Waals surface area contributed by atoms with E-state index in [1.807, 2.05) is 6.07 Å². The molecule has 0 unspecified atom stereocenters. The summed E-state index contributed by atoms with van der Waals surface area (Å²) < 4.78 is 5.61. The number of thiocarbonyl (C=S) groups is 1. The van der Waals surface area contributed by atoms with Crippen LogP contribution in [-0.2, 0) is 6.61 Å². The van der Waals surface area contributed by atoms with Crippen molar-refractivity contribution in [2.45, 2.75) is 6.61 Å². The third kappa shape index (κ3) is 3.80. The van der Waals surface area contributed by atoms with Crippen molar-refractivity contribution in [3.8, 4) is 5.75 Å². The van der Waals surface area contributed by atoms with Gasteiger partial charge in [0.15, 0.2) is 0 Å². The van der Waals surface area contributed by atoms with Crippen molar-refractivity contribution in [2.75, 3.05) is 0 Å². The van der Waals surface area contributed by atoms with Crippen LogP contribution in [0.15, 0.2) is 36.5 Å². The van der Waals surface area contributed by atoms with Crippen LogP contribution in [0.4, 0.5) is 0 Å². The second-order valence-corrected chi connectivity index (χ2v) is 5.06. The molecule has 98 valence electrons. The first-order chi connectivity index (χ1) is 9.06. The molecule has 2 aromatic rings. The van der Waals surface area contributed by atoms with Crippen LogP contribution >= 0.6 is 35.4 Å². The number of halogens is 2. The van der Waals surface area contributed by atoms with E-state index >= 15 is 0 Å². The first-order valence-corrected chi connectivity index (χ1v) is 6.55. The predicted molar refractivity (Wildman–Crippen MR) is 80.9 cm³/mol. The first kappa shape index (κ1) is 14.1. The van der Waals surface area contributed by atoms with Crippen LogP contribution in [0.1, 0.15) is 11.3 Å². The summed E-state index contributed by atoms with van der Waals surface area (Å²) in [6, 6.07) is 8.65. The first-order valence-electron chi connectivity index (χ1n) is 5.39. The zero-order chi connectivity index (χ0) is 13.8. The van der Waals surface area contributed by atoms with Gasteiger partial charge in [-0.3, -0.25) is 4.98 Å². The number of rotatable bonds is 4. The Morgan fingerprint density at radius 3 is 2.79 bits per heavy atom. The maximum atomic E-state index is 6.01. The summed E-state index contributed by atoms with van der Waals surface area (Å²) in [5, 5.41) is 1.07.